The minimum atomic E-state index is -5.09. The van der Waals surface area contributed by atoms with E-state index in [1.807, 2.05) is 6.08 Å². The third kappa shape index (κ3) is 45.8. The summed E-state index contributed by atoms with van der Waals surface area (Å²) in [6, 6.07) is -0.945. The van der Waals surface area contributed by atoms with Crippen LogP contribution in [0.2, 0.25) is 0 Å². The highest BCUT2D eigenvalue weighted by atomic mass is 32.3. The van der Waals surface area contributed by atoms with Crippen LogP contribution in [0.4, 0.5) is 0 Å². The molecule has 0 spiro atoms. The summed E-state index contributed by atoms with van der Waals surface area (Å²) < 4.78 is 48.0. The number of hydrogen-bond donors (Lipinski definition) is 6. The zero-order valence-corrected chi connectivity index (χ0v) is 50.6. The average molecular weight is 1110 g/mol. The fourth-order valence-electron chi connectivity index (χ4n) is 10.7. The molecule has 0 saturated carbocycles. The SMILES string of the molecule is CCCCCCCCCCCCCC/C=C\CCCCCCCCCCCCC(=O)NC(COC1OC(CO)C(O)C(OS(=O)(=O)O)C1O)C(O)/C=C/CCCCCCCCCCCCCCCCCCCCCCCC. The number of unbranched alkanes of at least 4 members (excludes halogenated alkanes) is 44. The Bertz CT molecular complexity index is 1450. The van der Waals surface area contributed by atoms with Gasteiger partial charge in [0.05, 0.1) is 25.4 Å². The molecule has 1 aliphatic heterocycles. The molecule has 1 heterocycles. The number of rotatable bonds is 58. The van der Waals surface area contributed by atoms with Crippen molar-refractivity contribution < 1.29 is 51.8 Å². The molecule has 7 atom stereocenters. The van der Waals surface area contributed by atoms with Crippen LogP contribution < -0.4 is 5.32 Å². The van der Waals surface area contributed by atoms with Crippen molar-refractivity contribution in [1.29, 1.82) is 0 Å². The Hall–Kier alpha value is -1.42. The van der Waals surface area contributed by atoms with Crippen LogP contribution in [0.1, 0.15) is 322 Å². The van der Waals surface area contributed by atoms with E-state index in [1.54, 1.807) is 6.08 Å². The summed E-state index contributed by atoms with van der Waals surface area (Å²) in [5.41, 5.74) is 0. The van der Waals surface area contributed by atoms with Gasteiger partial charge in [0.25, 0.3) is 0 Å². The van der Waals surface area contributed by atoms with E-state index in [-0.39, 0.29) is 18.9 Å². The second-order valence-corrected chi connectivity index (χ2v) is 24.1. The molecule has 12 nitrogen and oxygen atoms in total. The normalized spacial score (nSPS) is 19.0. The summed E-state index contributed by atoms with van der Waals surface area (Å²) in [6.45, 7) is 3.45. The zero-order chi connectivity index (χ0) is 56.1. The molecule has 0 aromatic carbocycles. The lowest BCUT2D eigenvalue weighted by molar-refractivity contribution is -0.298. The Morgan fingerprint density at radius 2 is 0.831 bits per heavy atom. The largest absolute Gasteiger partial charge is 0.397 e. The Labute approximate surface area is 473 Å². The molecule has 0 aromatic heterocycles. The molecule has 1 fully saturated rings. The second-order valence-electron chi connectivity index (χ2n) is 23.1. The number of aliphatic hydroxyl groups is 4. The first-order valence-electron chi connectivity index (χ1n) is 32.7. The number of nitrogens with one attached hydrogen (secondary N) is 1. The first-order chi connectivity index (χ1) is 37.5. The lowest BCUT2D eigenvalue weighted by Gasteiger charge is -2.41. The fourth-order valence-corrected chi connectivity index (χ4v) is 11.2. The standard InChI is InChI=1S/C64H123NO11S/c1-3-5-7-9-11-13-15-17-19-21-23-25-27-29-30-32-34-36-38-40-42-44-46-48-50-52-54-60(68)65-57(56-74-64-62(70)63(76-77(71,72)73)61(69)59(55-66)75-64)58(67)53-51-49-47-45-43-41-39-37-35-33-31-28-26-24-22-20-18-16-14-12-10-8-6-4-2/h29-30,51,53,57-59,61-64,66-67,69-70H,3-28,31-50,52,54-56H2,1-2H3,(H,65,68)(H,71,72,73)/b30-29-,53-51+. The van der Waals surface area contributed by atoms with Gasteiger partial charge in [0.1, 0.15) is 24.4 Å². The lowest BCUT2D eigenvalue weighted by atomic mass is 9.99. The Morgan fingerprint density at radius 3 is 1.17 bits per heavy atom. The van der Waals surface area contributed by atoms with Gasteiger partial charge in [0.15, 0.2) is 6.29 Å². The lowest BCUT2D eigenvalue weighted by Crippen LogP contribution is -2.61. The molecular weight excluding hydrogens is 991 g/mol. The molecule has 0 bridgehead atoms. The predicted molar refractivity (Wildman–Crippen MR) is 319 cm³/mol. The van der Waals surface area contributed by atoms with Gasteiger partial charge in [-0.2, -0.15) is 8.42 Å². The van der Waals surface area contributed by atoms with Gasteiger partial charge in [-0.1, -0.05) is 295 Å². The molecule has 0 aliphatic carbocycles. The molecular formula is C64H123NO11S. The average Bonchev–Trinajstić information content (AvgIpc) is 3.41. The highest BCUT2D eigenvalue weighted by molar-refractivity contribution is 7.80. The fraction of sp³-hybridized carbons (Fsp3) is 0.922. The summed E-state index contributed by atoms with van der Waals surface area (Å²) in [7, 11) is -5.09. The van der Waals surface area contributed by atoms with Crippen molar-refractivity contribution in [3.63, 3.8) is 0 Å². The predicted octanol–water partition coefficient (Wildman–Crippen LogP) is 16.4. The van der Waals surface area contributed by atoms with Crippen molar-refractivity contribution in [3.05, 3.63) is 24.3 Å². The first kappa shape index (κ1) is 73.6. The van der Waals surface area contributed by atoms with Crippen LogP contribution in [0.5, 0.6) is 0 Å². The van der Waals surface area contributed by atoms with E-state index in [0.29, 0.717) is 6.42 Å². The van der Waals surface area contributed by atoms with Gasteiger partial charge in [-0.05, 0) is 44.9 Å². The Kier molecular flexibility index (Phi) is 51.5. The molecule has 13 heteroatoms. The number of amides is 1. The van der Waals surface area contributed by atoms with Crippen molar-refractivity contribution in [1.82, 2.24) is 5.32 Å². The molecule has 77 heavy (non-hydrogen) atoms. The number of hydrogen-bond acceptors (Lipinski definition) is 10. The molecule has 1 saturated heterocycles. The van der Waals surface area contributed by atoms with Gasteiger partial charge >= 0.3 is 10.4 Å². The van der Waals surface area contributed by atoms with Crippen molar-refractivity contribution >= 4 is 16.3 Å². The number of carbonyl (C=O) groups is 1. The van der Waals surface area contributed by atoms with Gasteiger partial charge in [-0.3, -0.25) is 9.35 Å². The molecule has 1 amide bonds. The number of carbonyl (C=O) groups excluding carboxylic acids is 1. The van der Waals surface area contributed by atoms with Crippen molar-refractivity contribution in [3.8, 4) is 0 Å². The minimum absolute atomic E-state index is 0.258. The minimum Gasteiger partial charge on any atom is -0.394 e. The first-order valence-corrected chi connectivity index (χ1v) is 34.1. The monoisotopic (exact) mass is 1110 g/mol. The van der Waals surface area contributed by atoms with E-state index in [2.05, 4.69) is 35.5 Å². The molecule has 1 rings (SSSR count). The number of aliphatic hydroxyl groups excluding tert-OH is 4. The van der Waals surface area contributed by atoms with Crippen LogP contribution in [0.3, 0.4) is 0 Å². The molecule has 0 aromatic rings. The Balaban J connectivity index is 2.31. The number of allylic oxidation sites excluding steroid dienone is 3. The topological polar surface area (TPSA) is 192 Å². The smallest absolute Gasteiger partial charge is 0.394 e. The molecule has 6 N–H and O–H groups in total. The van der Waals surface area contributed by atoms with Gasteiger partial charge < -0.3 is 35.2 Å². The van der Waals surface area contributed by atoms with Gasteiger partial charge in [-0.15, -0.1) is 0 Å². The van der Waals surface area contributed by atoms with Crippen LogP contribution in [-0.4, -0.2) is 95.4 Å². The third-order valence-corrected chi connectivity index (χ3v) is 16.2. The van der Waals surface area contributed by atoms with E-state index < -0.39 is 59.9 Å². The summed E-state index contributed by atoms with van der Waals surface area (Å²) in [5, 5.41) is 45.1. The summed E-state index contributed by atoms with van der Waals surface area (Å²) >= 11 is 0. The highest BCUT2D eigenvalue weighted by Gasteiger charge is 2.48. The van der Waals surface area contributed by atoms with Crippen LogP contribution in [-0.2, 0) is 28.9 Å². The second kappa shape index (κ2) is 53.9. The molecule has 7 unspecified atom stereocenters. The maximum Gasteiger partial charge on any atom is 0.397 e. The summed E-state index contributed by atoms with van der Waals surface area (Å²) in [4.78, 5) is 13.2. The summed E-state index contributed by atoms with van der Waals surface area (Å²) in [6.07, 6.45) is 59.5. The van der Waals surface area contributed by atoms with Gasteiger partial charge in [0, 0.05) is 6.42 Å². The van der Waals surface area contributed by atoms with Gasteiger partial charge in [0.2, 0.25) is 5.91 Å². The molecule has 1 aliphatic rings. The molecule has 0 radical (unpaired) electrons. The van der Waals surface area contributed by atoms with Crippen molar-refractivity contribution in [2.75, 3.05) is 13.2 Å². The Morgan fingerprint density at radius 1 is 0.506 bits per heavy atom. The molecule has 456 valence electrons. The highest BCUT2D eigenvalue weighted by Crippen LogP contribution is 2.26. The maximum atomic E-state index is 13.2. The van der Waals surface area contributed by atoms with Crippen LogP contribution in [0.15, 0.2) is 24.3 Å². The quantitative estimate of drug-likeness (QED) is 0.0193. The third-order valence-electron chi connectivity index (χ3n) is 15.7. The van der Waals surface area contributed by atoms with Crippen molar-refractivity contribution in [2.45, 2.75) is 365 Å². The van der Waals surface area contributed by atoms with E-state index in [0.717, 1.165) is 38.5 Å². The van der Waals surface area contributed by atoms with Crippen LogP contribution in [0.25, 0.3) is 0 Å². The van der Waals surface area contributed by atoms with Crippen LogP contribution in [0, 0.1) is 0 Å². The van der Waals surface area contributed by atoms with Gasteiger partial charge in [-0.25, -0.2) is 4.18 Å². The van der Waals surface area contributed by atoms with E-state index in [1.165, 1.54) is 257 Å². The van der Waals surface area contributed by atoms with E-state index >= 15 is 0 Å². The van der Waals surface area contributed by atoms with Crippen LogP contribution >= 0.6 is 0 Å². The van der Waals surface area contributed by atoms with E-state index in [4.69, 9.17) is 9.47 Å². The zero-order valence-electron chi connectivity index (χ0n) is 49.8. The van der Waals surface area contributed by atoms with E-state index in [9.17, 15) is 38.2 Å². The maximum absolute atomic E-state index is 13.2. The van der Waals surface area contributed by atoms with Crippen molar-refractivity contribution in [2.24, 2.45) is 0 Å². The number of ether oxygens (including phenoxy) is 2. The summed E-state index contributed by atoms with van der Waals surface area (Å²) in [5.74, 6) is -0.258.